The Labute approximate surface area is 177 Å². The van der Waals surface area contributed by atoms with Crippen molar-refractivity contribution in [3.8, 4) is 0 Å². The van der Waals surface area contributed by atoms with Gasteiger partial charge in [0.2, 0.25) is 9.76 Å². The summed E-state index contributed by atoms with van der Waals surface area (Å²) in [5.41, 5.74) is 0.513. The highest BCUT2D eigenvalue weighted by molar-refractivity contribution is 6.31. The zero-order valence-corrected chi connectivity index (χ0v) is 19.2. The van der Waals surface area contributed by atoms with Gasteiger partial charge in [-0.25, -0.2) is 4.79 Å². The van der Waals surface area contributed by atoms with Crippen molar-refractivity contribution < 1.29 is 23.4 Å². The minimum Gasteiger partial charge on any atom is -0.453 e. The first-order chi connectivity index (χ1) is 13.7. The molecule has 1 heterocycles. The van der Waals surface area contributed by atoms with Crippen molar-refractivity contribution in [3.05, 3.63) is 48.6 Å². The molecule has 2 radical (unpaired) electrons. The van der Waals surface area contributed by atoms with E-state index < -0.39 is 12.4 Å². The molecule has 2 rings (SSSR count). The maximum atomic E-state index is 12.6. The van der Waals surface area contributed by atoms with Crippen LogP contribution in [0.25, 0.3) is 0 Å². The number of carbonyl (C=O) groups excluding carboxylic acids is 1. The molecule has 0 unspecified atom stereocenters. The highest BCUT2D eigenvalue weighted by atomic mass is 28.2. The van der Waals surface area contributed by atoms with Gasteiger partial charge in [0, 0.05) is 6.42 Å². The molecule has 0 N–H and O–H groups in total. The maximum absolute atomic E-state index is 12.6. The van der Waals surface area contributed by atoms with Gasteiger partial charge in [-0.3, -0.25) is 0 Å². The fourth-order valence-electron chi connectivity index (χ4n) is 2.97. The molecule has 1 saturated heterocycles. The summed E-state index contributed by atoms with van der Waals surface area (Å²) in [7, 11) is 0.333. The predicted molar refractivity (Wildman–Crippen MR) is 115 cm³/mol. The summed E-state index contributed by atoms with van der Waals surface area (Å²) >= 11 is 0. The normalized spacial score (nSPS) is 26.0. The Morgan fingerprint density at radius 2 is 2.00 bits per heavy atom. The number of hydrogen-bond acceptors (Lipinski definition) is 5. The molecule has 1 aromatic carbocycles. The molecular formula is C23H34O5Si. The average molecular weight is 419 g/mol. The van der Waals surface area contributed by atoms with E-state index in [-0.39, 0.29) is 29.3 Å². The van der Waals surface area contributed by atoms with Crippen molar-refractivity contribution in [1.82, 2.24) is 0 Å². The summed E-state index contributed by atoms with van der Waals surface area (Å²) in [6.07, 6.45) is 2.64. The van der Waals surface area contributed by atoms with E-state index in [0.29, 0.717) is 21.7 Å². The summed E-state index contributed by atoms with van der Waals surface area (Å²) in [4.78, 5) is 12.6. The zero-order chi connectivity index (χ0) is 21.4. The summed E-state index contributed by atoms with van der Waals surface area (Å²) in [5.74, 6) is -0.377. The van der Waals surface area contributed by atoms with Crippen molar-refractivity contribution in [3.63, 3.8) is 0 Å². The van der Waals surface area contributed by atoms with E-state index in [9.17, 15) is 4.79 Å². The standard InChI is InChI=1S/C23H34O5Si/c1-7-8-12-16(2)25-22-20(27-21(24)18-13-10-9-11-14-18)15-19(17(3)26-22)28-29-23(4,5)6/h7,9-11,13-14,16-17,19-20,22H,1,8,12,15H2,2-6H3/t16-,17+,19-,20-,22-/m1/s1. The predicted octanol–water partition coefficient (Wildman–Crippen LogP) is 4.94. The Kier molecular flexibility index (Phi) is 9.08. The maximum Gasteiger partial charge on any atom is 0.338 e. The second kappa shape index (κ2) is 11.1. The van der Waals surface area contributed by atoms with Crippen LogP contribution in [0, 0.1) is 0 Å². The molecule has 1 fully saturated rings. The van der Waals surface area contributed by atoms with Crippen LogP contribution in [-0.2, 0) is 18.6 Å². The zero-order valence-electron chi connectivity index (χ0n) is 18.2. The summed E-state index contributed by atoms with van der Waals surface area (Å²) in [6, 6.07) is 8.99. The molecule has 0 aromatic heterocycles. The molecular weight excluding hydrogens is 384 g/mol. The van der Waals surface area contributed by atoms with E-state index in [1.807, 2.05) is 38.1 Å². The number of hydrogen-bond donors (Lipinski definition) is 0. The van der Waals surface area contributed by atoms with Gasteiger partial charge in [-0.05, 0) is 43.9 Å². The van der Waals surface area contributed by atoms with Crippen LogP contribution < -0.4 is 0 Å². The van der Waals surface area contributed by atoms with Crippen LogP contribution in [0.4, 0.5) is 0 Å². The summed E-state index contributed by atoms with van der Waals surface area (Å²) in [5, 5.41) is 0.0719. The molecule has 0 saturated carbocycles. The van der Waals surface area contributed by atoms with Crippen LogP contribution in [0.3, 0.4) is 0 Å². The van der Waals surface area contributed by atoms with Crippen molar-refractivity contribution >= 4 is 15.7 Å². The topological polar surface area (TPSA) is 54.0 Å². The van der Waals surface area contributed by atoms with Crippen LogP contribution in [-0.4, -0.2) is 46.4 Å². The largest absolute Gasteiger partial charge is 0.453 e. The van der Waals surface area contributed by atoms with Gasteiger partial charge in [0.15, 0.2) is 12.4 Å². The van der Waals surface area contributed by atoms with Gasteiger partial charge in [0.05, 0.1) is 23.9 Å². The molecule has 160 valence electrons. The lowest BCUT2D eigenvalue weighted by Crippen LogP contribution is -2.51. The van der Waals surface area contributed by atoms with E-state index in [1.165, 1.54) is 0 Å². The minimum atomic E-state index is -0.615. The van der Waals surface area contributed by atoms with E-state index in [1.54, 1.807) is 12.1 Å². The van der Waals surface area contributed by atoms with E-state index in [0.717, 1.165) is 12.8 Å². The van der Waals surface area contributed by atoms with Crippen molar-refractivity contribution in [2.45, 2.75) is 89.6 Å². The molecule has 1 aliphatic rings. The molecule has 1 aliphatic heterocycles. The van der Waals surface area contributed by atoms with Gasteiger partial charge >= 0.3 is 5.97 Å². The van der Waals surface area contributed by atoms with Crippen LogP contribution in [0.5, 0.6) is 0 Å². The molecule has 1 aromatic rings. The lowest BCUT2D eigenvalue weighted by atomic mass is 10.0. The molecule has 0 spiro atoms. The van der Waals surface area contributed by atoms with Gasteiger partial charge in [-0.2, -0.15) is 0 Å². The molecule has 5 nitrogen and oxygen atoms in total. The Balaban J connectivity index is 2.09. The van der Waals surface area contributed by atoms with E-state index in [4.69, 9.17) is 18.6 Å². The van der Waals surface area contributed by atoms with Gasteiger partial charge in [-0.1, -0.05) is 45.0 Å². The number of carbonyl (C=O) groups is 1. The first kappa shape index (κ1) is 23.8. The number of benzene rings is 1. The second-order valence-corrected chi connectivity index (χ2v) is 10.5. The van der Waals surface area contributed by atoms with Gasteiger partial charge in [0.1, 0.15) is 0 Å². The average Bonchev–Trinajstić information content (AvgIpc) is 2.67. The lowest BCUT2D eigenvalue weighted by molar-refractivity contribution is -0.270. The van der Waals surface area contributed by atoms with Crippen LogP contribution in [0.2, 0.25) is 5.04 Å². The monoisotopic (exact) mass is 418 g/mol. The van der Waals surface area contributed by atoms with Gasteiger partial charge in [-0.15, -0.1) is 6.58 Å². The highest BCUT2D eigenvalue weighted by Gasteiger charge is 2.40. The van der Waals surface area contributed by atoms with Gasteiger partial charge in [0.25, 0.3) is 0 Å². The molecule has 0 amide bonds. The van der Waals surface area contributed by atoms with Crippen molar-refractivity contribution in [2.75, 3.05) is 0 Å². The van der Waals surface area contributed by atoms with E-state index in [2.05, 4.69) is 27.4 Å². The highest BCUT2D eigenvalue weighted by Crippen LogP contribution is 2.30. The van der Waals surface area contributed by atoms with Crippen molar-refractivity contribution in [1.29, 1.82) is 0 Å². The summed E-state index contributed by atoms with van der Waals surface area (Å²) in [6.45, 7) is 14.2. The third kappa shape index (κ3) is 8.05. The molecule has 5 atom stereocenters. The van der Waals surface area contributed by atoms with Crippen LogP contribution in [0.1, 0.15) is 64.2 Å². The quantitative estimate of drug-likeness (QED) is 0.323. The Morgan fingerprint density at radius 1 is 1.31 bits per heavy atom. The molecule has 0 bridgehead atoms. The Bertz CT molecular complexity index is 642. The fraction of sp³-hybridized carbons (Fsp3) is 0.609. The third-order valence-corrected chi connectivity index (χ3v) is 5.60. The molecule has 6 heteroatoms. The van der Waals surface area contributed by atoms with Gasteiger partial charge < -0.3 is 18.6 Å². The fourth-order valence-corrected chi connectivity index (χ4v) is 3.76. The molecule has 29 heavy (non-hydrogen) atoms. The number of ether oxygens (including phenoxy) is 3. The number of esters is 1. The molecule has 0 aliphatic carbocycles. The smallest absolute Gasteiger partial charge is 0.338 e. The number of allylic oxidation sites excluding steroid dienone is 1. The SMILES string of the molecule is C=CCC[C@@H](C)O[C@@H]1O[C@@H](C)[C@H](O[Si]C(C)(C)C)C[C@H]1OC(=O)c1ccccc1. The third-order valence-electron chi connectivity index (χ3n) is 4.57. The van der Waals surface area contributed by atoms with Crippen LogP contribution >= 0.6 is 0 Å². The Morgan fingerprint density at radius 3 is 2.62 bits per heavy atom. The minimum absolute atomic E-state index is 0.0305. The number of rotatable bonds is 9. The van der Waals surface area contributed by atoms with E-state index >= 15 is 0 Å². The lowest BCUT2D eigenvalue weighted by Gasteiger charge is -2.41. The first-order valence-electron chi connectivity index (χ1n) is 10.3. The first-order valence-corrected chi connectivity index (χ1v) is 11.2. The summed E-state index contributed by atoms with van der Waals surface area (Å²) < 4.78 is 24.2. The van der Waals surface area contributed by atoms with Crippen LogP contribution in [0.15, 0.2) is 43.0 Å². The van der Waals surface area contributed by atoms with Crippen molar-refractivity contribution in [2.24, 2.45) is 0 Å². The Hall–Kier alpha value is -1.47. The second-order valence-electron chi connectivity index (χ2n) is 8.58.